The Morgan fingerprint density at radius 1 is 1.23 bits per heavy atom. The lowest BCUT2D eigenvalue weighted by atomic mass is 10.1. The van der Waals surface area contributed by atoms with Gasteiger partial charge in [-0.1, -0.05) is 29.3 Å². The molecule has 0 fully saturated rings. The molecule has 0 atom stereocenters. The highest BCUT2D eigenvalue weighted by Gasteiger charge is 2.10. The third kappa shape index (κ3) is 4.03. The molecule has 22 heavy (non-hydrogen) atoms. The van der Waals surface area contributed by atoms with Crippen LogP contribution in [0, 0.1) is 0 Å². The van der Waals surface area contributed by atoms with Crippen molar-refractivity contribution >= 4 is 34.8 Å². The van der Waals surface area contributed by atoms with Gasteiger partial charge < -0.3 is 10.1 Å². The van der Waals surface area contributed by atoms with Crippen LogP contribution in [0.5, 0.6) is 5.75 Å². The zero-order valence-electron chi connectivity index (χ0n) is 12.0. The lowest BCUT2D eigenvalue weighted by molar-refractivity contribution is 0.102. The van der Waals surface area contributed by atoms with E-state index in [0.717, 1.165) is 11.3 Å². The highest BCUT2D eigenvalue weighted by atomic mass is 35.5. The third-order valence-electron chi connectivity index (χ3n) is 3.03. The van der Waals surface area contributed by atoms with Gasteiger partial charge in [-0.25, -0.2) is 0 Å². The minimum absolute atomic E-state index is 0.244. The Labute approximate surface area is 139 Å². The fourth-order valence-electron chi connectivity index (χ4n) is 2.06. The highest BCUT2D eigenvalue weighted by Crippen LogP contribution is 2.24. The maximum Gasteiger partial charge on any atom is 0.255 e. The molecule has 0 aliphatic heterocycles. The van der Waals surface area contributed by atoms with Crippen LogP contribution in [0.1, 0.15) is 15.9 Å². The topological polar surface area (TPSA) is 38.3 Å². The van der Waals surface area contributed by atoms with Crippen molar-refractivity contribution in [2.24, 2.45) is 0 Å². The summed E-state index contributed by atoms with van der Waals surface area (Å²) in [4.78, 5) is 12.3. The van der Waals surface area contributed by atoms with E-state index in [1.54, 1.807) is 49.6 Å². The van der Waals surface area contributed by atoms with Gasteiger partial charge in [0.2, 0.25) is 0 Å². The average Bonchev–Trinajstić information content (AvgIpc) is 2.46. The molecule has 0 saturated carbocycles. The molecule has 0 aliphatic carbocycles. The number of hydrogen-bond acceptors (Lipinski definition) is 2. The number of carbonyl (C=O) groups excluding carboxylic acids is 1. The third-order valence-corrected chi connectivity index (χ3v) is 3.46. The van der Waals surface area contributed by atoms with Crippen molar-refractivity contribution in [3.05, 3.63) is 70.2 Å². The quantitative estimate of drug-likeness (QED) is 0.782. The first-order chi connectivity index (χ1) is 10.5. The largest absolute Gasteiger partial charge is 0.496 e. The summed E-state index contributed by atoms with van der Waals surface area (Å²) in [6.45, 7) is 3.71. The summed E-state index contributed by atoms with van der Waals surface area (Å²) >= 11 is 11.8. The molecule has 2 aromatic rings. The number of amides is 1. The minimum Gasteiger partial charge on any atom is -0.496 e. The lowest BCUT2D eigenvalue weighted by Gasteiger charge is -2.10. The maximum absolute atomic E-state index is 12.3. The summed E-state index contributed by atoms with van der Waals surface area (Å²) in [5.41, 5.74) is 1.96. The van der Waals surface area contributed by atoms with Crippen LogP contribution in [-0.4, -0.2) is 13.0 Å². The van der Waals surface area contributed by atoms with Crippen molar-refractivity contribution < 1.29 is 9.53 Å². The van der Waals surface area contributed by atoms with Gasteiger partial charge in [0.15, 0.2) is 0 Å². The van der Waals surface area contributed by atoms with Crippen LogP contribution >= 0.6 is 23.2 Å². The number of hydrogen-bond donors (Lipinski definition) is 1. The Bertz CT molecular complexity index is 694. The molecule has 0 spiro atoms. The Balaban J connectivity index is 2.25. The monoisotopic (exact) mass is 335 g/mol. The smallest absolute Gasteiger partial charge is 0.255 e. The summed E-state index contributed by atoms with van der Waals surface area (Å²) in [5.74, 6) is 0.480. The number of nitrogens with one attached hydrogen (secondary N) is 1. The first kappa shape index (κ1) is 16.4. The molecule has 0 aliphatic rings. The summed E-state index contributed by atoms with van der Waals surface area (Å²) in [5, 5.41) is 3.70. The Morgan fingerprint density at radius 2 is 1.91 bits per heavy atom. The van der Waals surface area contributed by atoms with Crippen molar-refractivity contribution in [2.45, 2.75) is 6.42 Å². The number of benzene rings is 2. The zero-order valence-corrected chi connectivity index (χ0v) is 13.5. The molecule has 2 rings (SSSR count). The summed E-state index contributed by atoms with van der Waals surface area (Å²) in [6, 6.07) is 10.1. The van der Waals surface area contributed by atoms with Crippen molar-refractivity contribution in [3.63, 3.8) is 0 Å². The predicted molar refractivity (Wildman–Crippen MR) is 91.3 cm³/mol. The number of ether oxygens (including phenoxy) is 1. The van der Waals surface area contributed by atoms with Crippen LogP contribution in [0.15, 0.2) is 49.1 Å². The SMILES string of the molecule is C=CCc1cc(C(=O)Nc2cc(Cl)cc(Cl)c2)ccc1OC. The molecule has 0 saturated heterocycles. The Hall–Kier alpha value is -1.97. The highest BCUT2D eigenvalue weighted by molar-refractivity contribution is 6.35. The molecule has 0 bridgehead atoms. The summed E-state index contributed by atoms with van der Waals surface area (Å²) in [6.07, 6.45) is 2.38. The molecule has 0 aromatic heterocycles. The molecular formula is C17H15Cl2NO2. The fraction of sp³-hybridized carbons (Fsp3) is 0.118. The van der Waals surface area contributed by atoms with Gasteiger partial charge in [0.05, 0.1) is 7.11 Å². The van der Waals surface area contributed by atoms with Gasteiger partial charge >= 0.3 is 0 Å². The Kier molecular flexibility index (Phi) is 5.47. The van der Waals surface area contributed by atoms with E-state index in [9.17, 15) is 4.79 Å². The second-order valence-corrected chi connectivity index (χ2v) is 5.50. The van der Waals surface area contributed by atoms with Gasteiger partial charge in [-0.3, -0.25) is 4.79 Å². The second-order valence-electron chi connectivity index (χ2n) is 4.63. The molecule has 0 radical (unpaired) electrons. The molecule has 0 unspecified atom stereocenters. The number of rotatable bonds is 5. The second kappa shape index (κ2) is 7.34. The van der Waals surface area contributed by atoms with Crippen LogP contribution in [0.2, 0.25) is 10.0 Å². The van der Waals surface area contributed by atoms with Crippen molar-refractivity contribution in [2.75, 3.05) is 12.4 Å². The Morgan fingerprint density at radius 3 is 2.50 bits per heavy atom. The molecule has 1 N–H and O–H groups in total. The van der Waals surface area contributed by atoms with Crippen LogP contribution < -0.4 is 10.1 Å². The van der Waals surface area contributed by atoms with E-state index < -0.39 is 0 Å². The first-order valence-electron chi connectivity index (χ1n) is 6.58. The van der Waals surface area contributed by atoms with Crippen LogP contribution in [0.3, 0.4) is 0 Å². The van der Waals surface area contributed by atoms with Gasteiger partial charge in [-0.15, -0.1) is 6.58 Å². The normalized spacial score (nSPS) is 10.1. The summed E-state index contributed by atoms with van der Waals surface area (Å²) < 4.78 is 5.27. The molecule has 3 nitrogen and oxygen atoms in total. The van der Waals surface area contributed by atoms with Crippen molar-refractivity contribution in [1.82, 2.24) is 0 Å². The number of methoxy groups -OCH3 is 1. The van der Waals surface area contributed by atoms with Gasteiger partial charge in [-0.2, -0.15) is 0 Å². The van der Waals surface area contributed by atoms with E-state index in [0.29, 0.717) is 27.7 Å². The van der Waals surface area contributed by atoms with Gasteiger partial charge in [0.1, 0.15) is 5.75 Å². The van der Waals surface area contributed by atoms with E-state index in [1.165, 1.54) is 0 Å². The van der Waals surface area contributed by atoms with Crippen LogP contribution in [-0.2, 0) is 6.42 Å². The van der Waals surface area contributed by atoms with E-state index in [1.807, 2.05) is 0 Å². The molecule has 0 heterocycles. The van der Waals surface area contributed by atoms with Crippen molar-refractivity contribution in [1.29, 1.82) is 0 Å². The summed E-state index contributed by atoms with van der Waals surface area (Å²) in [7, 11) is 1.59. The molecular weight excluding hydrogens is 321 g/mol. The lowest BCUT2D eigenvalue weighted by Crippen LogP contribution is -2.12. The predicted octanol–water partition coefficient (Wildman–Crippen LogP) is 4.98. The maximum atomic E-state index is 12.3. The average molecular weight is 336 g/mol. The fourth-order valence-corrected chi connectivity index (χ4v) is 2.59. The van der Waals surface area contributed by atoms with Gasteiger partial charge in [-0.05, 0) is 48.4 Å². The van der Waals surface area contributed by atoms with Crippen LogP contribution in [0.25, 0.3) is 0 Å². The minimum atomic E-state index is -0.244. The van der Waals surface area contributed by atoms with Crippen molar-refractivity contribution in [3.8, 4) is 5.75 Å². The number of halogens is 2. The number of anilines is 1. The number of allylic oxidation sites excluding steroid dienone is 1. The zero-order chi connectivity index (χ0) is 16.1. The van der Waals surface area contributed by atoms with Crippen LogP contribution in [0.4, 0.5) is 5.69 Å². The first-order valence-corrected chi connectivity index (χ1v) is 7.34. The molecule has 2 aromatic carbocycles. The molecule has 5 heteroatoms. The van der Waals surface area contributed by atoms with Gasteiger partial charge in [0.25, 0.3) is 5.91 Å². The van der Waals surface area contributed by atoms with Gasteiger partial charge in [0, 0.05) is 21.3 Å². The standard InChI is InChI=1S/C17H15Cl2NO2/c1-3-4-11-7-12(5-6-16(11)22-2)17(21)20-15-9-13(18)8-14(19)10-15/h3,5-10H,1,4H2,2H3,(H,20,21). The van der Waals surface area contributed by atoms with E-state index in [-0.39, 0.29) is 5.91 Å². The van der Waals surface area contributed by atoms with E-state index in [4.69, 9.17) is 27.9 Å². The molecule has 114 valence electrons. The van der Waals surface area contributed by atoms with E-state index in [2.05, 4.69) is 11.9 Å². The van der Waals surface area contributed by atoms with E-state index >= 15 is 0 Å². The number of carbonyl (C=O) groups is 1. The molecule has 1 amide bonds.